The third kappa shape index (κ3) is 3.15. The molecule has 0 saturated carbocycles. The topological polar surface area (TPSA) is 65.5 Å². The average Bonchev–Trinajstić information content (AvgIpc) is 2.54. The number of carbonyl (C=O) groups is 1. The van der Waals surface area contributed by atoms with Crippen LogP contribution in [0, 0.1) is 6.92 Å². The lowest BCUT2D eigenvalue weighted by Crippen LogP contribution is -2.08. The molecule has 0 bridgehead atoms. The summed E-state index contributed by atoms with van der Waals surface area (Å²) in [5, 5.41) is 13.4. The predicted molar refractivity (Wildman–Crippen MR) is 97.5 cm³/mol. The third-order valence-electron chi connectivity index (χ3n) is 3.85. The number of anilines is 3. The molecule has 0 saturated heterocycles. The number of aromatic carboxylic acids is 1. The first kappa shape index (κ1) is 15.8. The molecule has 0 aliphatic carbocycles. The molecule has 0 unspecified atom stereocenters. The molecule has 0 spiro atoms. The van der Waals surface area contributed by atoms with E-state index in [0.29, 0.717) is 5.52 Å². The van der Waals surface area contributed by atoms with Gasteiger partial charge in [-0.2, -0.15) is 0 Å². The first-order valence-corrected chi connectivity index (χ1v) is 7.63. The second kappa shape index (κ2) is 6.20. The van der Waals surface area contributed by atoms with Gasteiger partial charge in [-0.25, -0.2) is 4.79 Å². The number of aromatic nitrogens is 1. The van der Waals surface area contributed by atoms with Crippen molar-refractivity contribution in [2.45, 2.75) is 6.92 Å². The van der Waals surface area contributed by atoms with Gasteiger partial charge in [0.2, 0.25) is 0 Å². The Morgan fingerprint density at radius 2 is 1.79 bits per heavy atom. The molecule has 0 radical (unpaired) electrons. The Balaban J connectivity index is 2.00. The number of aryl methyl sites for hydroxylation is 1. The first-order valence-electron chi connectivity index (χ1n) is 7.63. The Bertz CT molecular complexity index is 902. The number of nitrogens with zero attached hydrogens (tertiary/aromatic N) is 2. The quantitative estimate of drug-likeness (QED) is 0.759. The third-order valence-corrected chi connectivity index (χ3v) is 3.85. The van der Waals surface area contributed by atoms with E-state index >= 15 is 0 Å². The van der Waals surface area contributed by atoms with Gasteiger partial charge in [0, 0.05) is 42.2 Å². The van der Waals surface area contributed by atoms with Crippen molar-refractivity contribution in [3.63, 3.8) is 0 Å². The largest absolute Gasteiger partial charge is 0.478 e. The van der Waals surface area contributed by atoms with Gasteiger partial charge in [0.15, 0.2) is 0 Å². The summed E-state index contributed by atoms with van der Waals surface area (Å²) in [5.74, 6) is -0.950. The van der Waals surface area contributed by atoms with E-state index in [-0.39, 0.29) is 5.56 Å². The maximum absolute atomic E-state index is 11.1. The molecule has 0 atom stereocenters. The number of carboxylic acid groups (broad SMARTS) is 1. The highest BCUT2D eigenvalue weighted by atomic mass is 16.4. The second-order valence-corrected chi connectivity index (χ2v) is 5.91. The van der Waals surface area contributed by atoms with Crippen LogP contribution in [0.15, 0.2) is 48.5 Å². The lowest BCUT2D eigenvalue weighted by Gasteiger charge is -2.14. The average molecular weight is 321 g/mol. The molecule has 2 N–H and O–H groups in total. The van der Waals surface area contributed by atoms with E-state index in [9.17, 15) is 4.79 Å². The number of carboxylic acids is 1. The smallest absolute Gasteiger partial charge is 0.335 e. The van der Waals surface area contributed by atoms with E-state index in [0.717, 1.165) is 28.1 Å². The molecule has 1 aromatic heterocycles. The van der Waals surface area contributed by atoms with Crippen molar-refractivity contribution in [3.05, 3.63) is 59.8 Å². The van der Waals surface area contributed by atoms with Crippen LogP contribution >= 0.6 is 0 Å². The number of pyridine rings is 1. The minimum atomic E-state index is -0.950. The Kier molecular flexibility index (Phi) is 4.08. The fraction of sp³-hybridized carbons (Fsp3) is 0.158. The predicted octanol–water partition coefficient (Wildman–Crippen LogP) is 4.05. The molecular formula is C19H19N3O2. The number of hydrogen-bond acceptors (Lipinski definition) is 4. The Hall–Kier alpha value is -3.08. The monoisotopic (exact) mass is 321 g/mol. The van der Waals surface area contributed by atoms with Crippen LogP contribution in [0.1, 0.15) is 16.1 Å². The van der Waals surface area contributed by atoms with Gasteiger partial charge in [-0.1, -0.05) is 0 Å². The van der Waals surface area contributed by atoms with E-state index < -0.39 is 5.97 Å². The van der Waals surface area contributed by atoms with Crippen LogP contribution in [-0.2, 0) is 0 Å². The molecule has 5 heteroatoms. The number of rotatable bonds is 4. The van der Waals surface area contributed by atoms with Crippen LogP contribution in [0.25, 0.3) is 10.9 Å². The van der Waals surface area contributed by atoms with Crippen molar-refractivity contribution in [3.8, 4) is 0 Å². The Morgan fingerprint density at radius 3 is 2.42 bits per heavy atom. The van der Waals surface area contributed by atoms with Crippen LogP contribution in [0.5, 0.6) is 0 Å². The summed E-state index contributed by atoms with van der Waals surface area (Å²) in [5.41, 5.74) is 4.74. The van der Waals surface area contributed by atoms with Gasteiger partial charge in [0.1, 0.15) is 0 Å². The number of hydrogen-bond donors (Lipinski definition) is 2. The molecule has 5 nitrogen and oxygen atoms in total. The van der Waals surface area contributed by atoms with Crippen molar-refractivity contribution in [2.24, 2.45) is 0 Å². The molecule has 122 valence electrons. The normalized spacial score (nSPS) is 10.6. The first-order chi connectivity index (χ1) is 11.4. The van der Waals surface area contributed by atoms with E-state index in [1.54, 1.807) is 18.2 Å². The summed E-state index contributed by atoms with van der Waals surface area (Å²) in [6, 6.07) is 15.1. The number of fused-ring (bicyclic) bond motifs is 1. The van der Waals surface area contributed by atoms with Gasteiger partial charge < -0.3 is 15.3 Å². The molecular weight excluding hydrogens is 302 g/mol. The Morgan fingerprint density at radius 1 is 1.08 bits per heavy atom. The summed E-state index contributed by atoms with van der Waals surface area (Å²) in [4.78, 5) is 17.6. The molecule has 0 aliphatic heterocycles. The minimum absolute atomic E-state index is 0.238. The van der Waals surface area contributed by atoms with Gasteiger partial charge in [-0.15, -0.1) is 0 Å². The highest BCUT2D eigenvalue weighted by Gasteiger charge is 2.09. The molecule has 3 aromatic rings. The second-order valence-electron chi connectivity index (χ2n) is 5.91. The maximum atomic E-state index is 11.1. The molecule has 3 rings (SSSR count). The molecule has 24 heavy (non-hydrogen) atoms. The van der Waals surface area contributed by atoms with Gasteiger partial charge in [0.05, 0.1) is 11.1 Å². The van der Waals surface area contributed by atoms with E-state index in [4.69, 9.17) is 5.11 Å². The Labute approximate surface area is 140 Å². The summed E-state index contributed by atoms with van der Waals surface area (Å²) in [6.07, 6.45) is 0. The van der Waals surface area contributed by atoms with E-state index in [1.165, 1.54) is 0 Å². The van der Waals surface area contributed by atoms with Crippen molar-refractivity contribution < 1.29 is 9.90 Å². The molecule has 0 fully saturated rings. The minimum Gasteiger partial charge on any atom is -0.478 e. The summed E-state index contributed by atoms with van der Waals surface area (Å²) in [6.45, 7) is 1.90. The molecule has 0 amide bonds. The lowest BCUT2D eigenvalue weighted by molar-refractivity contribution is 0.0697. The fourth-order valence-electron chi connectivity index (χ4n) is 2.60. The van der Waals surface area contributed by atoms with Crippen LogP contribution < -0.4 is 10.2 Å². The zero-order valence-corrected chi connectivity index (χ0v) is 13.9. The summed E-state index contributed by atoms with van der Waals surface area (Å²) >= 11 is 0. The van der Waals surface area contributed by atoms with Crippen molar-refractivity contribution in [2.75, 3.05) is 24.3 Å². The van der Waals surface area contributed by atoms with Crippen LogP contribution in [0.4, 0.5) is 17.1 Å². The van der Waals surface area contributed by atoms with Crippen molar-refractivity contribution in [1.29, 1.82) is 0 Å². The zero-order valence-electron chi connectivity index (χ0n) is 13.9. The highest BCUT2D eigenvalue weighted by Crippen LogP contribution is 2.28. The lowest BCUT2D eigenvalue weighted by atomic mass is 10.1. The van der Waals surface area contributed by atoms with E-state index in [1.807, 2.05) is 56.3 Å². The van der Waals surface area contributed by atoms with Crippen LogP contribution in [0.2, 0.25) is 0 Å². The molecule has 2 aromatic carbocycles. The standard InChI is InChI=1S/C19H19N3O2/c1-12-10-17(21-14-5-7-15(8-6-14)22(2)3)16-9-4-13(19(23)24)11-18(16)20-12/h4-11H,1-3H3,(H,20,21)(H,23,24). The number of nitrogens with one attached hydrogen (secondary N) is 1. The molecule has 0 aliphatic rings. The number of benzene rings is 2. The van der Waals surface area contributed by atoms with Crippen molar-refractivity contribution in [1.82, 2.24) is 4.98 Å². The van der Waals surface area contributed by atoms with Gasteiger partial charge in [-0.3, -0.25) is 4.98 Å². The van der Waals surface area contributed by atoms with Gasteiger partial charge >= 0.3 is 5.97 Å². The highest BCUT2D eigenvalue weighted by molar-refractivity contribution is 5.98. The maximum Gasteiger partial charge on any atom is 0.335 e. The van der Waals surface area contributed by atoms with Crippen LogP contribution in [-0.4, -0.2) is 30.2 Å². The van der Waals surface area contributed by atoms with E-state index in [2.05, 4.69) is 10.3 Å². The molecule has 1 heterocycles. The zero-order chi connectivity index (χ0) is 17.3. The summed E-state index contributed by atoms with van der Waals surface area (Å²) in [7, 11) is 4.00. The SMILES string of the molecule is Cc1cc(Nc2ccc(N(C)C)cc2)c2ccc(C(=O)O)cc2n1. The van der Waals surface area contributed by atoms with Gasteiger partial charge in [0.25, 0.3) is 0 Å². The van der Waals surface area contributed by atoms with Crippen molar-refractivity contribution >= 4 is 33.9 Å². The van der Waals surface area contributed by atoms with Gasteiger partial charge in [-0.05, 0) is 55.5 Å². The fourth-order valence-corrected chi connectivity index (χ4v) is 2.60. The summed E-state index contributed by atoms with van der Waals surface area (Å²) < 4.78 is 0. The van der Waals surface area contributed by atoms with Crippen LogP contribution in [0.3, 0.4) is 0 Å².